The van der Waals surface area contributed by atoms with Crippen LogP contribution in [0.5, 0.6) is 0 Å². The summed E-state index contributed by atoms with van der Waals surface area (Å²) in [6.45, 7) is 2.48. The standard InChI is InChI=1S/C21H23ClN4O2/c1-14-23-10-7-18(24-14)26-11-9-21(20(26)28)8-3-6-17(13-21)25-19(27)15-4-2-5-16(22)12-15/h2,4-5,7,10,12,17H,3,6,8-9,11,13H2,1H3,(H,25,27)/t17-,21-/m0/s1. The van der Waals surface area contributed by atoms with E-state index in [0.717, 1.165) is 25.7 Å². The molecule has 4 rings (SSSR count). The van der Waals surface area contributed by atoms with E-state index in [1.165, 1.54) is 0 Å². The Hall–Kier alpha value is -2.47. The molecule has 1 aliphatic heterocycles. The van der Waals surface area contributed by atoms with Crippen molar-refractivity contribution in [1.82, 2.24) is 15.3 Å². The normalized spacial score (nSPS) is 24.6. The quantitative estimate of drug-likeness (QED) is 0.858. The summed E-state index contributed by atoms with van der Waals surface area (Å²) in [5.74, 6) is 1.30. The summed E-state index contributed by atoms with van der Waals surface area (Å²) < 4.78 is 0. The van der Waals surface area contributed by atoms with E-state index in [9.17, 15) is 9.59 Å². The average Bonchev–Trinajstić information content (AvgIpc) is 2.97. The lowest BCUT2D eigenvalue weighted by molar-refractivity contribution is -0.127. The third-order valence-electron chi connectivity index (χ3n) is 5.82. The number of nitrogens with one attached hydrogen (secondary N) is 1. The molecule has 146 valence electrons. The zero-order valence-electron chi connectivity index (χ0n) is 15.8. The highest BCUT2D eigenvalue weighted by molar-refractivity contribution is 6.30. The molecule has 2 fully saturated rings. The highest BCUT2D eigenvalue weighted by atomic mass is 35.5. The van der Waals surface area contributed by atoms with Crippen molar-refractivity contribution in [1.29, 1.82) is 0 Å². The van der Waals surface area contributed by atoms with Crippen LogP contribution in [0.25, 0.3) is 0 Å². The van der Waals surface area contributed by atoms with Gasteiger partial charge in [0.25, 0.3) is 5.91 Å². The van der Waals surface area contributed by atoms with Gasteiger partial charge in [-0.1, -0.05) is 24.1 Å². The van der Waals surface area contributed by atoms with E-state index in [4.69, 9.17) is 11.6 Å². The molecule has 2 aromatic rings. The van der Waals surface area contributed by atoms with Crippen molar-refractivity contribution in [3.63, 3.8) is 0 Å². The van der Waals surface area contributed by atoms with Crippen LogP contribution in [-0.2, 0) is 4.79 Å². The monoisotopic (exact) mass is 398 g/mol. The topological polar surface area (TPSA) is 75.2 Å². The van der Waals surface area contributed by atoms with Gasteiger partial charge in [-0.2, -0.15) is 0 Å². The van der Waals surface area contributed by atoms with Gasteiger partial charge in [-0.25, -0.2) is 9.97 Å². The highest BCUT2D eigenvalue weighted by Crippen LogP contribution is 2.45. The fraction of sp³-hybridized carbons (Fsp3) is 0.429. The number of hydrogen-bond donors (Lipinski definition) is 1. The first-order chi connectivity index (χ1) is 13.5. The van der Waals surface area contributed by atoms with Crippen molar-refractivity contribution in [2.45, 2.75) is 45.1 Å². The molecule has 2 aliphatic rings. The van der Waals surface area contributed by atoms with Gasteiger partial charge in [0, 0.05) is 29.4 Å². The number of carbonyl (C=O) groups excluding carboxylic acids is 2. The van der Waals surface area contributed by atoms with E-state index in [-0.39, 0.29) is 17.9 Å². The molecule has 28 heavy (non-hydrogen) atoms. The second-order valence-corrected chi connectivity index (χ2v) is 8.16. The molecule has 1 N–H and O–H groups in total. The first kappa shape index (κ1) is 18.9. The lowest BCUT2D eigenvalue weighted by Crippen LogP contribution is -2.46. The number of rotatable bonds is 3. The molecular formula is C21H23ClN4O2. The van der Waals surface area contributed by atoms with Gasteiger partial charge in [0.05, 0.1) is 5.41 Å². The van der Waals surface area contributed by atoms with Gasteiger partial charge in [0.15, 0.2) is 0 Å². The first-order valence-corrected chi connectivity index (χ1v) is 10.0. The van der Waals surface area contributed by atoms with E-state index in [1.807, 2.05) is 6.92 Å². The van der Waals surface area contributed by atoms with Gasteiger partial charge in [-0.3, -0.25) is 14.5 Å². The van der Waals surface area contributed by atoms with E-state index in [0.29, 0.717) is 35.2 Å². The Morgan fingerprint density at radius 1 is 1.32 bits per heavy atom. The van der Waals surface area contributed by atoms with Gasteiger partial charge < -0.3 is 5.32 Å². The number of anilines is 1. The number of benzene rings is 1. The summed E-state index contributed by atoms with van der Waals surface area (Å²) in [7, 11) is 0. The SMILES string of the molecule is Cc1nccc(N2CC[C@]3(CCC[C@H](NC(=O)c4cccc(Cl)c4)C3)C2=O)n1. The Kier molecular flexibility index (Phi) is 5.06. The van der Waals surface area contributed by atoms with Crippen LogP contribution < -0.4 is 10.2 Å². The number of aryl methyl sites for hydroxylation is 1. The molecule has 2 amide bonds. The van der Waals surface area contributed by atoms with Crippen molar-refractivity contribution in [3.05, 3.63) is 52.9 Å². The van der Waals surface area contributed by atoms with Crippen molar-refractivity contribution in [3.8, 4) is 0 Å². The van der Waals surface area contributed by atoms with E-state index in [1.54, 1.807) is 41.4 Å². The summed E-state index contributed by atoms with van der Waals surface area (Å²) >= 11 is 5.99. The third-order valence-corrected chi connectivity index (χ3v) is 6.05. The van der Waals surface area contributed by atoms with Crippen LogP contribution >= 0.6 is 11.6 Å². The predicted octanol–water partition coefficient (Wildman–Crippen LogP) is 3.53. The van der Waals surface area contributed by atoms with Gasteiger partial charge in [-0.15, -0.1) is 0 Å². The molecule has 1 aromatic heterocycles. The summed E-state index contributed by atoms with van der Waals surface area (Å²) in [5.41, 5.74) is 0.131. The van der Waals surface area contributed by atoms with Crippen molar-refractivity contribution in [2.24, 2.45) is 5.41 Å². The minimum absolute atomic E-state index is 0.0173. The summed E-state index contributed by atoms with van der Waals surface area (Å²) in [4.78, 5) is 36.2. The van der Waals surface area contributed by atoms with Crippen LogP contribution in [0.4, 0.5) is 5.82 Å². The second-order valence-electron chi connectivity index (χ2n) is 7.73. The molecule has 1 aliphatic carbocycles. The van der Waals surface area contributed by atoms with E-state index >= 15 is 0 Å². The van der Waals surface area contributed by atoms with Gasteiger partial charge in [-0.05, 0) is 56.9 Å². The number of halogens is 1. The summed E-state index contributed by atoms with van der Waals surface area (Å²) in [6.07, 6.45) is 5.80. The fourth-order valence-electron chi connectivity index (χ4n) is 4.44. The molecular weight excluding hydrogens is 376 g/mol. The molecule has 1 aromatic carbocycles. The molecule has 1 saturated heterocycles. The number of nitrogens with zero attached hydrogens (tertiary/aromatic N) is 3. The Labute approximate surface area is 169 Å². The van der Waals surface area contributed by atoms with Crippen LogP contribution in [0.2, 0.25) is 5.02 Å². The average molecular weight is 399 g/mol. The molecule has 1 spiro atoms. The Balaban J connectivity index is 1.47. The van der Waals surface area contributed by atoms with Crippen LogP contribution in [0, 0.1) is 12.3 Å². The fourth-order valence-corrected chi connectivity index (χ4v) is 4.63. The minimum Gasteiger partial charge on any atom is -0.349 e. The molecule has 0 bridgehead atoms. The lowest BCUT2D eigenvalue weighted by atomic mass is 9.71. The van der Waals surface area contributed by atoms with Crippen molar-refractivity contribution in [2.75, 3.05) is 11.4 Å². The Bertz CT molecular complexity index is 919. The Morgan fingerprint density at radius 2 is 2.18 bits per heavy atom. The zero-order chi connectivity index (χ0) is 19.7. The van der Waals surface area contributed by atoms with Crippen LogP contribution in [-0.4, -0.2) is 34.4 Å². The predicted molar refractivity (Wildman–Crippen MR) is 107 cm³/mol. The van der Waals surface area contributed by atoms with Crippen molar-refractivity contribution >= 4 is 29.2 Å². The van der Waals surface area contributed by atoms with Gasteiger partial charge in [0.2, 0.25) is 5.91 Å². The maximum atomic E-state index is 13.3. The summed E-state index contributed by atoms with van der Waals surface area (Å²) in [6, 6.07) is 8.69. The van der Waals surface area contributed by atoms with Crippen LogP contribution in [0.15, 0.2) is 36.5 Å². The number of amides is 2. The third kappa shape index (κ3) is 3.61. The molecule has 2 atom stereocenters. The zero-order valence-corrected chi connectivity index (χ0v) is 16.6. The Morgan fingerprint density at radius 3 is 2.96 bits per heavy atom. The molecule has 7 heteroatoms. The van der Waals surface area contributed by atoms with E-state index in [2.05, 4.69) is 15.3 Å². The highest BCUT2D eigenvalue weighted by Gasteiger charge is 2.50. The van der Waals surface area contributed by atoms with Crippen LogP contribution in [0.3, 0.4) is 0 Å². The van der Waals surface area contributed by atoms with Crippen molar-refractivity contribution < 1.29 is 9.59 Å². The molecule has 0 unspecified atom stereocenters. The summed E-state index contributed by atoms with van der Waals surface area (Å²) in [5, 5.41) is 3.64. The molecule has 1 saturated carbocycles. The minimum atomic E-state index is -0.413. The molecule has 0 radical (unpaired) electrons. The lowest BCUT2D eigenvalue weighted by Gasteiger charge is -2.36. The van der Waals surface area contributed by atoms with Crippen LogP contribution in [0.1, 0.15) is 48.3 Å². The largest absolute Gasteiger partial charge is 0.349 e. The maximum Gasteiger partial charge on any atom is 0.251 e. The van der Waals surface area contributed by atoms with Gasteiger partial charge in [0.1, 0.15) is 11.6 Å². The van der Waals surface area contributed by atoms with E-state index < -0.39 is 5.41 Å². The smallest absolute Gasteiger partial charge is 0.251 e. The first-order valence-electron chi connectivity index (χ1n) is 9.65. The number of hydrogen-bond acceptors (Lipinski definition) is 4. The maximum absolute atomic E-state index is 13.3. The second kappa shape index (κ2) is 7.51. The number of aromatic nitrogens is 2. The molecule has 6 nitrogen and oxygen atoms in total. The van der Waals surface area contributed by atoms with Gasteiger partial charge >= 0.3 is 0 Å². The molecule has 2 heterocycles. The number of carbonyl (C=O) groups is 2.